The highest BCUT2D eigenvalue weighted by atomic mass is 16.5. The van der Waals surface area contributed by atoms with Crippen LogP contribution in [-0.4, -0.2) is 40.9 Å². The van der Waals surface area contributed by atoms with E-state index < -0.39 is 6.10 Å². The predicted molar refractivity (Wildman–Crippen MR) is 71.0 cm³/mol. The largest absolute Gasteiger partial charge is 0.388 e. The maximum atomic E-state index is 12.2. The molecule has 1 aromatic heterocycles. The zero-order chi connectivity index (χ0) is 13.4. The van der Waals surface area contributed by atoms with Crippen molar-refractivity contribution in [1.82, 2.24) is 9.88 Å². The maximum absolute atomic E-state index is 12.2. The molecule has 0 bridgehead atoms. The number of benzene rings is 1. The zero-order valence-electron chi connectivity index (χ0n) is 10.7. The highest BCUT2D eigenvalue weighted by Gasteiger charge is 2.28. The topological polar surface area (TPSA) is 63.5 Å². The summed E-state index contributed by atoms with van der Waals surface area (Å²) in [6.07, 6.45) is -0.626. The number of aliphatic hydroxyl groups excluding tert-OH is 1. The Morgan fingerprint density at radius 1 is 1.42 bits per heavy atom. The van der Waals surface area contributed by atoms with Gasteiger partial charge in [0, 0.05) is 18.0 Å². The van der Waals surface area contributed by atoms with Crippen molar-refractivity contribution in [2.24, 2.45) is 7.05 Å². The van der Waals surface area contributed by atoms with Crippen LogP contribution in [0.15, 0.2) is 30.3 Å². The van der Waals surface area contributed by atoms with E-state index in [0.29, 0.717) is 12.3 Å². The number of carbonyl (C=O) groups excluding carboxylic acids is 1. The number of ether oxygens (including phenoxy) is 1. The van der Waals surface area contributed by atoms with Crippen LogP contribution < -0.4 is 5.32 Å². The number of nitrogens with one attached hydrogen (secondary N) is 1. The average Bonchev–Trinajstić information content (AvgIpc) is 2.95. The van der Waals surface area contributed by atoms with E-state index in [1.165, 1.54) is 0 Å². The number of hydrogen-bond donors (Lipinski definition) is 2. The van der Waals surface area contributed by atoms with Crippen LogP contribution in [-0.2, 0) is 11.8 Å². The second-order valence-electron chi connectivity index (χ2n) is 4.83. The first kappa shape index (κ1) is 12.2. The molecular weight excluding hydrogens is 244 g/mol. The first-order valence-corrected chi connectivity index (χ1v) is 6.28. The molecule has 0 unspecified atom stereocenters. The Hall–Kier alpha value is -1.85. The van der Waals surface area contributed by atoms with Crippen molar-refractivity contribution < 1.29 is 14.6 Å². The van der Waals surface area contributed by atoms with E-state index in [-0.39, 0.29) is 18.6 Å². The summed E-state index contributed by atoms with van der Waals surface area (Å²) in [4.78, 5) is 12.2. The summed E-state index contributed by atoms with van der Waals surface area (Å²) in [6, 6.07) is 9.36. The summed E-state index contributed by atoms with van der Waals surface area (Å²) in [6.45, 7) is 0.636. The molecule has 0 radical (unpaired) electrons. The summed E-state index contributed by atoms with van der Waals surface area (Å²) in [5.41, 5.74) is 1.59. The maximum Gasteiger partial charge on any atom is 0.268 e. The first-order chi connectivity index (χ1) is 9.16. The molecule has 100 valence electrons. The molecule has 0 spiro atoms. The fourth-order valence-electron chi connectivity index (χ4n) is 2.43. The van der Waals surface area contributed by atoms with Crippen molar-refractivity contribution in [3.63, 3.8) is 0 Å². The molecule has 0 aliphatic carbocycles. The molecule has 1 aliphatic rings. The van der Waals surface area contributed by atoms with E-state index in [4.69, 9.17) is 4.74 Å². The van der Waals surface area contributed by atoms with E-state index in [1.807, 2.05) is 41.9 Å². The van der Waals surface area contributed by atoms with E-state index in [0.717, 1.165) is 10.9 Å². The standard InChI is InChI=1S/C14H16N2O3/c1-16-11-5-3-2-4-9(11)6-12(16)14(18)15-10-7-19-8-13(10)17/h2-6,10,13,17H,7-8H2,1H3,(H,15,18)/t10-,13-/m0/s1. The van der Waals surface area contributed by atoms with Crippen LogP contribution in [0, 0.1) is 0 Å². The Morgan fingerprint density at radius 3 is 2.89 bits per heavy atom. The van der Waals surface area contributed by atoms with Gasteiger partial charge in [0.15, 0.2) is 0 Å². The lowest BCUT2D eigenvalue weighted by Crippen LogP contribution is -2.43. The summed E-state index contributed by atoms with van der Waals surface area (Å²) in [5.74, 6) is -0.187. The second-order valence-corrected chi connectivity index (χ2v) is 4.83. The lowest BCUT2D eigenvalue weighted by atomic mass is 10.2. The van der Waals surface area contributed by atoms with Crippen LogP contribution in [0.1, 0.15) is 10.5 Å². The summed E-state index contributed by atoms with van der Waals surface area (Å²) >= 11 is 0. The predicted octanol–water partition coefficient (Wildman–Crippen LogP) is 0.668. The van der Waals surface area contributed by atoms with Crippen LogP contribution in [0.5, 0.6) is 0 Å². The number of fused-ring (bicyclic) bond motifs is 1. The number of aromatic nitrogens is 1. The number of hydrogen-bond acceptors (Lipinski definition) is 3. The van der Waals surface area contributed by atoms with Gasteiger partial charge in [-0.05, 0) is 12.1 Å². The lowest BCUT2D eigenvalue weighted by Gasteiger charge is -2.14. The van der Waals surface area contributed by atoms with Gasteiger partial charge in [-0.2, -0.15) is 0 Å². The summed E-state index contributed by atoms with van der Waals surface area (Å²) in [7, 11) is 1.86. The normalized spacial score (nSPS) is 22.8. The number of amides is 1. The molecule has 1 amide bonds. The van der Waals surface area contributed by atoms with Gasteiger partial charge in [-0.3, -0.25) is 4.79 Å². The van der Waals surface area contributed by atoms with Crippen molar-refractivity contribution in [2.45, 2.75) is 12.1 Å². The molecule has 2 aromatic rings. The third kappa shape index (κ3) is 2.11. The minimum Gasteiger partial charge on any atom is -0.388 e. The van der Waals surface area contributed by atoms with E-state index in [1.54, 1.807) is 0 Å². The van der Waals surface area contributed by atoms with Crippen molar-refractivity contribution in [3.05, 3.63) is 36.0 Å². The monoisotopic (exact) mass is 260 g/mol. The van der Waals surface area contributed by atoms with Gasteiger partial charge in [0.05, 0.1) is 25.4 Å². The van der Waals surface area contributed by atoms with Gasteiger partial charge < -0.3 is 19.7 Å². The smallest absolute Gasteiger partial charge is 0.268 e. The molecule has 2 N–H and O–H groups in total. The van der Waals surface area contributed by atoms with E-state index in [2.05, 4.69) is 5.32 Å². The van der Waals surface area contributed by atoms with Crippen LogP contribution in [0.2, 0.25) is 0 Å². The highest BCUT2D eigenvalue weighted by Crippen LogP contribution is 2.18. The van der Waals surface area contributed by atoms with Crippen molar-refractivity contribution in [2.75, 3.05) is 13.2 Å². The van der Waals surface area contributed by atoms with Gasteiger partial charge in [0.2, 0.25) is 0 Å². The van der Waals surface area contributed by atoms with Crippen LogP contribution in [0.4, 0.5) is 0 Å². The second kappa shape index (κ2) is 4.68. The van der Waals surface area contributed by atoms with Crippen molar-refractivity contribution >= 4 is 16.8 Å². The Bertz CT molecular complexity index is 620. The number of carbonyl (C=O) groups is 1. The molecule has 2 heterocycles. The van der Waals surface area contributed by atoms with Gasteiger partial charge in [-0.25, -0.2) is 0 Å². The Balaban J connectivity index is 1.87. The molecule has 3 rings (SSSR count). The fraction of sp³-hybridized carbons (Fsp3) is 0.357. The van der Waals surface area contributed by atoms with Gasteiger partial charge in [-0.1, -0.05) is 18.2 Å². The summed E-state index contributed by atoms with van der Waals surface area (Å²) in [5, 5.41) is 13.5. The van der Waals surface area contributed by atoms with Crippen LogP contribution in [0.25, 0.3) is 10.9 Å². The van der Waals surface area contributed by atoms with E-state index in [9.17, 15) is 9.90 Å². The zero-order valence-corrected chi connectivity index (χ0v) is 10.7. The molecular formula is C14H16N2O3. The Labute approximate surface area is 110 Å². The van der Waals surface area contributed by atoms with Crippen LogP contribution >= 0.6 is 0 Å². The van der Waals surface area contributed by atoms with Gasteiger partial charge in [0.1, 0.15) is 5.69 Å². The minimum absolute atomic E-state index is 0.187. The molecule has 5 heteroatoms. The van der Waals surface area contributed by atoms with Gasteiger partial charge in [0.25, 0.3) is 5.91 Å². The first-order valence-electron chi connectivity index (χ1n) is 6.28. The number of aryl methyl sites for hydroxylation is 1. The SMILES string of the molecule is Cn1c(C(=O)N[C@H]2COC[C@@H]2O)cc2ccccc21. The fourth-order valence-corrected chi connectivity index (χ4v) is 2.43. The highest BCUT2D eigenvalue weighted by molar-refractivity contribution is 5.98. The molecule has 1 aliphatic heterocycles. The molecule has 1 fully saturated rings. The molecule has 1 saturated heterocycles. The van der Waals surface area contributed by atoms with Crippen LogP contribution in [0.3, 0.4) is 0 Å². The molecule has 5 nitrogen and oxygen atoms in total. The third-order valence-corrected chi connectivity index (χ3v) is 3.55. The van der Waals surface area contributed by atoms with E-state index >= 15 is 0 Å². The molecule has 19 heavy (non-hydrogen) atoms. The number of nitrogens with zero attached hydrogens (tertiary/aromatic N) is 1. The molecule has 2 atom stereocenters. The number of rotatable bonds is 2. The Kier molecular flexibility index (Phi) is 3.00. The average molecular weight is 260 g/mol. The van der Waals surface area contributed by atoms with Crippen molar-refractivity contribution in [1.29, 1.82) is 0 Å². The minimum atomic E-state index is -0.626. The van der Waals surface area contributed by atoms with Gasteiger partial charge in [-0.15, -0.1) is 0 Å². The number of aliphatic hydroxyl groups is 1. The number of para-hydroxylation sites is 1. The third-order valence-electron chi connectivity index (χ3n) is 3.55. The van der Waals surface area contributed by atoms with Gasteiger partial charge >= 0.3 is 0 Å². The quantitative estimate of drug-likeness (QED) is 0.834. The summed E-state index contributed by atoms with van der Waals surface area (Å²) < 4.78 is 6.98. The Morgan fingerprint density at radius 2 is 2.21 bits per heavy atom. The molecule has 0 saturated carbocycles. The lowest BCUT2D eigenvalue weighted by molar-refractivity contribution is 0.0879. The molecule has 1 aromatic carbocycles. The van der Waals surface area contributed by atoms with Crippen molar-refractivity contribution in [3.8, 4) is 0 Å².